The van der Waals surface area contributed by atoms with E-state index in [2.05, 4.69) is 10.3 Å². The first kappa shape index (κ1) is 19.9. The van der Waals surface area contributed by atoms with Crippen LogP contribution in [-0.2, 0) is 9.53 Å². The Bertz CT molecular complexity index is 698. The molecule has 5 nitrogen and oxygen atoms in total. The minimum absolute atomic E-state index is 0.0149. The van der Waals surface area contributed by atoms with E-state index >= 15 is 0 Å². The summed E-state index contributed by atoms with van der Waals surface area (Å²) in [5.41, 5.74) is -0.117. The summed E-state index contributed by atoms with van der Waals surface area (Å²) in [4.78, 5) is 26.5. The largest absolute Gasteiger partial charge is 0.391 e. The maximum atomic E-state index is 13.2. The lowest BCUT2D eigenvalue weighted by molar-refractivity contribution is -0.197. The SMILES string of the molecule is O=C(Nc1cc[nH]c(=O)c1)C1CC(C(F)(F)F)CCC1OC1CCCCC1. The zero-order valence-electron chi connectivity index (χ0n) is 15.1. The molecule has 27 heavy (non-hydrogen) atoms. The standard InChI is InChI=1S/C19H25F3N2O3/c20-19(21,22)12-6-7-16(27-14-4-2-1-3-5-14)15(10-12)18(26)24-13-8-9-23-17(25)11-13/h8-9,11-12,14-16H,1-7,10H2,(H2,23,24,25,26). The van der Waals surface area contributed by atoms with E-state index in [9.17, 15) is 22.8 Å². The normalized spacial score (nSPS) is 27.3. The van der Waals surface area contributed by atoms with Gasteiger partial charge in [-0.25, -0.2) is 0 Å². The van der Waals surface area contributed by atoms with Crippen molar-refractivity contribution < 1.29 is 22.7 Å². The molecule has 150 valence electrons. The highest BCUT2D eigenvalue weighted by Gasteiger charge is 2.47. The Morgan fingerprint density at radius 3 is 2.56 bits per heavy atom. The molecular formula is C19H25F3N2O3. The third kappa shape index (κ3) is 5.34. The fourth-order valence-electron chi connectivity index (χ4n) is 4.08. The number of rotatable bonds is 4. The van der Waals surface area contributed by atoms with Gasteiger partial charge in [-0.15, -0.1) is 0 Å². The van der Waals surface area contributed by atoms with Gasteiger partial charge in [0.05, 0.1) is 24.0 Å². The van der Waals surface area contributed by atoms with Gasteiger partial charge < -0.3 is 15.0 Å². The number of nitrogens with one attached hydrogen (secondary N) is 2. The maximum Gasteiger partial charge on any atom is 0.391 e. The van der Waals surface area contributed by atoms with Gasteiger partial charge in [-0.05, 0) is 38.2 Å². The van der Waals surface area contributed by atoms with Gasteiger partial charge in [0.1, 0.15) is 0 Å². The van der Waals surface area contributed by atoms with Gasteiger partial charge in [0.2, 0.25) is 11.5 Å². The molecule has 0 bridgehead atoms. The zero-order valence-corrected chi connectivity index (χ0v) is 15.1. The molecule has 0 aliphatic heterocycles. The summed E-state index contributed by atoms with van der Waals surface area (Å²) in [6, 6.07) is 2.71. The molecule has 3 atom stereocenters. The molecule has 8 heteroatoms. The molecule has 3 rings (SSSR count). The second-order valence-corrected chi connectivity index (χ2v) is 7.52. The monoisotopic (exact) mass is 386 g/mol. The molecule has 2 aliphatic rings. The first-order valence-electron chi connectivity index (χ1n) is 9.54. The molecule has 1 amide bonds. The molecule has 0 radical (unpaired) electrons. The van der Waals surface area contributed by atoms with Crippen molar-refractivity contribution >= 4 is 11.6 Å². The van der Waals surface area contributed by atoms with Crippen LogP contribution in [0.3, 0.4) is 0 Å². The Morgan fingerprint density at radius 2 is 1.89 bits per heavy atom. The predicted octanol–water partition coefficient (Wildman–Crippen LogP) is 4.01. The highest BCUT2D eigenvalue weighted by molar-refractivity contribution is 5.92. The number of anilines is 1. The van der Waals surface area contributed by atoms with Crippen molar-refractivity contribution in [1.29, 1.82) is 0 Å². The molecule has 3 unspecified atom stereocenters. The molecular weight excluding hydrogens is 361 g/mol. The van der Waals surface area contributed by atoms with Crippen LogP contribution in [0.1, 0.15) is 51.4 Å². The van der Waals surface area contributed by atoms with Gasteiger partial charge in [0.25, 0.3) is 0 Å². The minimum atomic E-state index is -4.32. The van der Waals surface area contributed by atoms with Crippen LogP contribution >= 0.6 is 0 Å². The fourth-order valence-corrected chi connectivity index (χ4v) is 4.08. The summed E-state index contributed by atoms with van der Waals surface area (Å²) in [5, 5.41) is 2.59. The van der Waals surface area contributed by atoms with E-state index in [1.165, 1.54) is 18.3 Å². The second kappa shape index (κ2) is 8.46. The van der Waals surface area contributed by atoms with E-state index in [4.69, 9.17) is 4.74 Å². The van der Waals surface area contributed by atoms with Crippen LogP contribution in [0.25, 0.3) is 0 Å². The maximum absolute atomic E-state index is 13.2. The Labute approximate surface area is 155 Å². The third-order valence-electron chi connectivity index (χ3n) is 5.55. The van der Waals surface area contributed by atoms with Crippen LogP contribution in [-0.4, -0.2) is 29.3 Å². The van der Waals surface area contributed by atoms with Gasteiger partial charge in [-0.3, -0.25) is 9.59 Å². The highest BCUT2D eigenvalue weighted by atomic mass is 19.4. The van der Waals surface area contributed by atoms with Crippen molar-refractivity contribution in [1.82, 2.24) is 4.98 Å². The lowest BCUT2D eigenvalue weighted by Gasteiger charge is -2.38. The number of H-pyrrole nitrogens is 1. The highest BCUT2D eigenvalue weighted by Crippen LogP contribution is 2.42. The number of aromatic nitrogens is 1. The summed E-state index contributed by atoms with van der Waals surface area (Å²) in [6.45, 7) is 0. The van der Waals surface area contributed by atoms with E-state index < -0.39 is 30.0 Å². The predicted molar refractivity (Wildman–Crippen MR) is 94.3 cm³/mol. The van der Waals surface area contributed by atoms with E-state index in [0.717, 1.165) is 32.1 Å². The Hall–Kier alpha value is -1.83. The van der Waals surface area contributed by atoms with Gasteiger partial charge in [-0.1, -0.05) is 19.3 Å². The molecule has 0 spiro atoms. The molecule has 0 saturated heterocycles. The Kier molecular flexibility index (Phi) is 6.24. The third-order valence-corrected chi connectivity index (χ3v) is 5.55. The Morgan fingerprint density at radius 1 is 1.15 bits per heavy atom. The average molecular weight is 386 g/mol. The minimum Gasteiger partial charge on any atom is -0.374 e. The van der Waals surface area contributed by atoms with Crippen molar-refractivity contribution in [2.75, 3.05) is 5.32 Å². The lowest BCUT2D eigenvalue weighted by atomic mass is 9.78. The molecule has 2 saturated carbocycles. The van der Waals surface area contributed by atoms with Crippen molar-refractivity contribution in [3.63, 3.8) is 0 Å². The summed E-state index contributed by atoms with van der Waals surface area (Å²) in [5.74, 6) is -2.90. The molecule has 1 aromatic rings. The summed E-state index contributed by atoms with van der Waals surface area (Å²) >= 11 is 0. The van der Waals surface area contributed by atoms with Crippen molar-refractivity contribution in [3.05, 3.63) is 28.7 Å². The quantitative estimate of drug-likeness (QED) is 0.821. The summed E-state index contributed by atoms with van der Waals surface area (Å²) < 4.78 is 45.8. The van der Waals surface area contributed by atoms with E-state index in [1.54, 1.807) is 0 Å². The molecule has 1 heterocycles. The van der Waals surface area contributed by atoms with Crippen molar-refractivity contribution in [2.45, 2.75) is 69.8 Å². The van der Waals surface area contributed by atoms with Gasteiger partial charge >= 0.3 is 6.18 Å². The van der Waals surface area contributed by atoms with Gasteiger partial charge in [-0.2, -0.15) is 13.2 Å². The topological polar surface area (TPSA) is 71.2 Å². The fraction of sp³-hybridized carbons (Fsp3) is 0.684. The van der Waals surface area contributed by atoms with Crippen LogP contribution in [0.5, 0.6) is 0 Å². The van der Waals surface area contributed by atoms with E-state index in [0.29, 0.717) is 0 Å². The summed E-state index contributed by atoms with van der Waals surface area (Å²) in [6.07, 6.45) is 1.50. The first-order valence-corrected chi connectivity index (χ1v) is 9.54. The van der Waals surface area contributed by atoms with Crippen LogP contribution in [0.15, 0.2) is 23.1 Å². The van der Waals surface area contributed by atoms with Crippen LogP contribution in [0.4, 0.5) is 18.9 Å². The molecule has 2 N–H and O–H groups in total. The lowest BCUT2D eigenvalue weighted by Crippen LogP contribution is -2.44. The number of pyridine rings is 1. The number of amides is 1. The molecule has 2 aliphatic carbocycles. The zero-order chi connectivity index (χ0) is 19.4. The molecule has 1 aromatic heterocycles. The first-order chi connectivity index (χ1) is 12.8. The number of hydrogen-bond donors (Lipinski definition) is 2. The smallest absolute Gasteiger partial charge is 0.374 e. The van der Waals surface area contributed by atoms with Crippen molar-refractivity contribution in [3.8, 4) is 0 Å². The van der Waals surface area contributed by atoms with Crippen LogP contribution in [0.2, 0.25) is 0 Å². The second-order valence-electron chi connectivity index (χ2n) is 7.52. The van der Waals surface area contributed by atoms with Gasteiger partial charge in [0, 0.05) is 18.0 Å². The van der Waals surface area contributed by atoms with Crippen molar-refractivity contribution in [2.24, 2.45) is 11.8 Å². The van der Waals surface area contributed by atoms with Gasteiger partial charge in [0.15, 0.2) is 0 Å². The number of carbonyl (C=O) groups excluding carboxylic acids is 1. The Balaban J connectivity index is 1.73. The number of halogens is 3. The molecule has 0 aromatic carbocycles. The number of aromatic amines is 1. The van der Waals surface area contributed by atoms with Crippen LogP contribution < -0.4 is 10.9 Å². The summed E-state index contributed by atoms with van der Waals surface area (Å²) in [7, 11) is 0. The molecule has 2 fully saturated rings. The average Bonchev–Trinajstić information content (AvgIpc) is 2.62. The van der Waals surface area contributed by atoms with E-state index in [1.807, 2.05) is 0 Å². The van der Waals surface area contributed by atoms with E-state index in [-0.39, 0.29) is 36.6 Å². The number of carbonyl (C=O) groups is 1. The van der Waals surface area contributed by atoms with Crippen LogP contribution in [0, 0.1) is 11.8 Å². The number of hydrogen-bond acceptors (Lipinski definition) is 3. The number of alkyl halides is 3. The number of ether oxygens (including phenoxy) is 1.